The number of hydrogen-bond donors (Lipinski definition) is 1. The molecule has 130 valence electrons. The summed E-state index contributed by atoms with van der Waals surface area (Å²) in [6, 6.07) is 9.58. The van der Waals surface area contributed by atoms with Crippen LogP contribution in [0.5, 0.6) is 0 Å². The molecule has 0 atom stereocenters. The highest BCUT2D eigenvalue weighted by Gasteiger charge is 2.14. The van der Waals surface area contributed by atoms with Gasteiger partial charge < -0.3 is 5.32 Å². The lowest BCUT2D eigenvalue weighted by molar-refractivity contribution is -0.116. The first-order valence-electron chi connectivity index (χ1n) is 8.41. The maximum absolute atomic E-state index is 12.7. The molecule has 0 saturated heterocycles. The summed E-state index contributed by atoms with van der Waals surface area (Å²) in [5.74, 6) is 0.333. The number of aryl methyl sites for hydroxylation is 3. The Labute approximate surface area is 150 Å². The number of amides is 1. The zero-order valence-electron chi connectivity index (χ0n) is 14.6. The van der Waals surface area contributed by atoms with Crippen LogP contribution < -0.4 is 10.9 Å². The first-order chi connectivity index (χ1) is 12.0. The van der Waals surface area contributed by atoms with E-state index in [1.54, 1.807) is 6.92 Å². The van der Waals surface area contributed by atoms with Gasteiger partial charge in [0.05, 0.1) is 5.39 Å². The molecule has 1 aromatic carbocycles. The Morgan fingerprint density at radius 3 is 2.72 bits per heavy atom. The van der Waals surface area contributed by atoms with Gasteiger partial charge in [0.2, 0.25) is 5.91 Å². The van der Waals surface area contributed by atoms with Crippen LogP contribution in [0.3, 0.4) is 0 Å². The highest BCUT2D eigenvalue weighted by Crippen LogP contribution is 2.22. The molecule has 0 radical (unpaired) electrons. The van der Waals surface area contributed by atoms with Gasteiger partial charge in [-0.15, -0.1) is 11.3 Å². The molecule has 0 saturated carbocycles. The topological polar surface area (TPSA) is 64.0 Å². The minimum Gasteiger partial charge on any atom is -0.324 e. The molecule has 0 aliphatic carbocycles. The van der Waals surface area contributed by atoms with Crippen molar-refractivity contribution in [3.8, 4) is 0 Å². The van der Waals surface area contributed by atoms with Gasteiger partial charge in [-0.3, -0.25) is 14.2 Å². The average molecular weight is 355 g/mol. The van der Waals surface area contributed by atoms with Crippen molar-refractivity contribution in [2.24, 2.45) is 0 Å². The van der Waals surface area contributed by atoms with Crippen LogP contribution in [0.15, 0.2) is 35.1 Å². The molecule has 1 amide bonds. The van der Waals surface area contributed by atoms with Crippen LogP contribution in [-0.4, -0.2) is 15.5 Å². The summed E-state index contributed by atoms with van der Waals surface area (Å²) in [5, 5.41) is 3.50. The number of nitrogens with zero attached hydrogens (tertiary/aromatic N) is 2. The molecule has 0 spiro atoms. The molecule has 0 aliphatic rings. The van der Waals surface area contributed by atoms with E-state index >= 15 is 0 Å². The molecular weight excluding hydrogens is 334 g/mol. The van der Waals surface area contributed by atoms with Crippen molar-refractivity contribution in [2.45, 2.75) is 40.2 Å². The molecule has 3 aromatic rings. The van der Waals surface area contributed by atoms with Crippen LogP contribution in [0.1, 0.15) is 30.1 Å². The molecule has 2 aromatic heterocycles. The number of fused-ring (bicyclic) bond motifs is 1. The Bertz CT molecular complexity index is 988. The van der Waals surface area contributed by atoms with Gasteiger partial charge in [-0.25, -0.2) is 4.98 Å². The van der Waals surface area contributed by atoms with Gasteiger partial charge in [-0.05, 0) is 37.5 Å². The zero-order valence-corrected chi connectivity index (χ0v) is 15.4. The quantitative estimate of drug-likeness (QED) is 0.761. The van der Waals surface area contributed by atoms with Crippen LogP contribution in [0.4, 0.5) is 5.69 Å². The molecule has 25 heavy (non-hydrogen) atoms. The van der Waals surface area contributed by atoms with E-state index in [1.165, 1.54) is 15.9 Å². The summed E-state index contributed by atoms with van der Waals surface area (Å²) in [5.41, 5.74) is 1.70. The second kappa shape index (κ2) is 7.19. The van der Waals surface area contributed by atoms with Crippen molar-refractivity contribution < 1.29 is 4.79 Å². The van der Waals surface area contributed by atoms with E-state index in [-0.39, 0.29) is 18.0 Å². The number of hydrogen-bond acceptors (Lipinski definition) is 4. The van der Waals surface area contributed by atoms with Crippen molar-refractivity contribution in [2.75, 3.05) is 5.32 Å². The molecule has 6 heteroatoms. The molecule has 2 heterocycles. The third-order valence-electron chi connectivity index (χ3n) is 4.22. The number of para-hydroxylation sites is 1. The molecule has 3 rings (SSSR count). The maximum atomic E-state index is 12.7. The molecule has 5 nitrogen and oxygen atoms in total. The normalized spacial score (nSPS) is 11.0. The summed E-state index contributed by atoms with van der Waals surface area (Å²) in [7, 11) is 0. The Hall–Kier alpha value is -2.47. The number of rotatable bonds is 5. The molecule has 0 unspecified atom stereocenters. The summed E-state index contributed by atoms with van der Waals surface area (Å²) in [4.78, 5) is 31.6. The number of anilines is 1. The van der Waals surface area contributed by atoms with E-state index in [0.717, 1.165) is 33.8 Å². The zero-order chi connectivity index (χ0) is 18.0. The van der Waals surface area contributed by atoms with E-state index in [2.05, 4.69) is 17.2 Å². The average Bonchev–Trinajstić information content (AvgIpc) is 3.02. The lowest BCUT2D eigenvalue weighted by Crippen LogP contribution is -2.30. The van der Waals surface area contributed by atoms with E-state index in [0.29, 0.717) is 11.2 Å². The summed E-state index contributed by atoms with van der Waals surface area (Å²) >= 11 is 1.54. The smallest absolute Gasteiger partial charge is 0.262 e. The molecule has 0 bridgehead atoms. The Morgan fingerprint density at radius 1 is 1.24 bits per heavy atom. The van der Waals surface area contributed by atoms with Gasteiger partial charge in [0, 0.05) is 10.6 Å². The fourth-order valence-electron chi connectivity index (χ4n) is 2.81. The monoisotopic (exact) mass is 355 g/mol. The minimum atomic E-state index is -0.224. The van der Waals surface area contributed by atoms with Crippen LogP contribution in [0.2, 0.25) is 0 Å². The van der Waals surface area contributed by atoms with E-state index in [1.807, 2.05) is 37.3 Å². The first kappa shape index (κ1) is 17.4. The minimum absolute atomic E-state index is 0.0387. The van der Waals surface area contributed by atoms with Crippen molar-refractivity contribution in [1.29, 1.82) is 0 Å². The lowest BCUT2D eigenvalue weighted by atomic mass is 10.1. The van der Waals surface area contributed by atoms with Gasteiger partial charge in [0.25, 0.3) is 5.56 Å². The number of carbonyl (C=O) groups excluding carboxylic acids is 1. The Kier molecular flexibility index (Phi) is 4.99. The third-order valence-corrected chi connectivity index (χ3v) is 5.39. The van der Waals surface area contributed by atoms with Gasteiger partial charge in [-0.2, -0.15) is 0 Å². The van der Waals surface area contributed by atoms with Gasteiger partial charge in [0.1, 0.15) is 17.2 Å². The van der Waals surface area contributed by atoms with Crippen molar-refractivity contribution in [3.63, 3.8) is 0 Å². The van der Waals surface area contributed by atoms with E-state index in [4.69, 9.17) is 0 Å². The molecule has 0 fully saturated rings. The molecule has 0 aliphatic heterocycles. The Balaban J connectivity index is 1.89. The molecular formula is C19H21N3O2S. The van der Waals surface area contributed by atoms with Crippen LogP contribution in [0, 0.1) is 6.92 Å². The third kappa shape index (κ3) is 3.49. The van der Waals surface area contributed by atoms with Crippen LogP contribution in [-0.2, 0) is 24.2 Å². The fourth-order valence-corrected chi connectivity index (χ4v) is 3.82. The number of benzene rings is 1. The molecule has 1 N–H and O–H groups in total. The lowest BCUT2D eigenvalue weighted by Gasteiger charge is -2.12. The highest BCUT2D eigenvalue weighted by atomic mass is 32.1. The highest BCUT2D eigenvalue weighted by molar-refractivity contribution is 7.18. The number of carbonyl (C=O) groups is 1. The Morgan fingerprint density at radius 2 is 2.00 bits per heavy atom. The predicted octanol–water partition coefficient (Wildman–Crippen LogP) is 3.53. The second-order valence-corrected chi connectivity index (χ2v) is 7.01. The summed E-state index contributed by atoms with van der Waals surface area (Å²) < 4.78 is 1.44. The number of nitrogens with one attached hydrogen (secondary N) is 1. The second-order valence-electron chi connectivity index (χ2n) is 5.89. The first-order valence-corrected chi connectivity index (χ1v) is 9.22. The van der Waals surface area contributed by atoms with Crippen molar-refractivity contribution in [1.82, 2.24) is 9.55 Å². The summed E-state index contributed by atoms with van der Waals surface area (Å²) in [6.45, 7) is 5.82. The predicted molar refractivity (Wildman–Crippen MR) is 102 cm³/mol. The van der Waals surface area contributed by atoms with Crippen LogP contribution in [0.25, 0.3) is 10.2 Å². The van der Waals surface area contributed by atoms with Crippen LogP contribution >= 0.6 is 11.3 Å². The van der Waals surface area contributed by atoms with Crippen molar-refractivity contribution >= 4 is 33.1 Å². The largest absolute Gasteiger partial charge is 0.324 e. The van der Waals surface area contributed by atoms with Gasteiger partial charge in [0.15, 0.2) is 0 Å². The van der Waals surface area contributed by atoms with Gasteiger partial charge in [-0.1, -0.05) is 32.0 Å². The van der Waals surface area contributed by atoms with Gasteiger partial charge >= 0.3 is 0 Å². The number of thiophene rings is 1. The number of aromatic nitrogens is 2. The maximum Gasteiger partial charge on any atom is 0.262 e. The fraction of sp³-hybridized carbons (Fsp3) is 0.316. The van der Waals surface area contributed by atoms with Crippen molar-refractivity contribution in [3.05, 3.63) is 57.0 Å². The van der Waals surface area contributed by atoms with E-state index < -0.39 is 0 Å². The van der Waals surface area contributed by atoms with E-state index in [9.17, 15) is 9.59 Å². The summed E-state index contributed by atoms with van der Waals surface area (Å²) in [6.07, 6.45) is 1.70. The standard InChI is InChI=1S/C19H21N3O2S/c1-4-13-8-6-7-9-16(13)21-17(23)11-22-12(3)20-18-15(19(22)24)10-14(5-2)25-18/h6-10H,4-5,11H2,1-3H3,(H,21,23). The SMILES string of the molecule is CCc1cc2c(=O)n(CC(=O)Nc3ccccc3CC)c(C)nc2s1.